The van der Waals surface area contributed by atoms with Gasteiger partial charge in [0.05, 0.1) is 12.2 Å². The van der Waals surface area contributed by atoms with E-state index in [-0.39, 0.29) is 5.91 Å². The van der Waals surface area contributed by atoms with Crippen LogP contribution in [0.3, 0.4) is 0 Å². The fourth-order valence-corrected chi connectivity index (χ4v) is 2.01. The molecule has 0 radical (unpaired) electrons. The molecule has 3 N–H and O–H groups in total. The molecule has 0 spiro atoms. The summed E-state index contributed by atoms with van der Waals surface area (Å²) in [6.07, 6.45) is 5.90. The van der Waals surface area contributed by atoms with Gasteiger partial charge >= 0.3 is 0 Å². The van der Waals surface area contributed by atoms with Gasteiger partial charge in [-0.05, 0) is 24.5 Å². The summed E-state index contributed by atoms with van der Waals surface area (Å²) < 4.78 is 1.57. The molecule has 0 saturated carbocycles. The number of carbonyl (C=O) groups excluding carboxylic acids is 1. The van der Waals surface area contributed by atoms with Crippen molar-refractivity contribution in [3.05, 3.63) is 24.5 Å². The van der Waals surface area contributed by atoms with Crippen LogP contribution in [0.5, 0.6) is 0 Å². The second-order valence-electron chi connectivity index (χ2n) is 3.81. The smallest absolute Gasteiger partial charge is 0.242 e. The molecule has 1 atom stereocenters. The number of thioether (sulfide) groups is 1. The summed E-state index contributed by atoms with van der Waals surface area (Å²) in [6.45, 7) is 0. The molecule has 18 heavy (non-hydrogen) atoms. The molecule has 6 nitrogen and oxygen atoms in total. The molecule has 96 valence electrons. The maximum atomic E-state index is 11.9. The van der Waals surface area contributed by atoms with Crippen molar-refractivity contribution in [1.82, 2.24) is 14.6 Å². The van der Waals surface area contributed by atoms with Crippen LogP contribution in [-0.2, 0) is 4.79 Å². The quantitative estimate of drug-likeness (QED) is 0.833. The van der Waals surface area contributed by atoms with Crippen molar-refractivity contribution in [2.45, 2.75) is 12.5 Å². The van der Waals surface area contributed by atoms with Gasteiger partial charge in [-0.25, -0.2) is 4.98 Å². The first-order valence-electron chi connectivity index (χ1n) is 5.56. The second-order valence-corrected chi connectivity index (χ2v) is 4.79. The number of nitrogens with two attached hydrogens (primary N) is 1. The van der Waals surface area contributed by atoms with E-state index in [2.05, 4.69) is 15.4 Å². The highest BCUT2D eigenvalue weighted by Crippen LogP contribution is 2.09. The normalized spacial score (nSPS) is 12.6. The molecule has 0 saturated heterocycles. The third kappa shape index (κ3) is 2.80. The molecule has 0 unspecified atom stereocenters. The summed E-state index contributed by atoms with van der Waals surface area (Å²) in [5, 5.41) is 6.85. The Morgan fingerprint density at radius 1 is 1.56 bits per heavy atom. The summed E-state index contributed by atoms with van der Waals surface area (Å²) in [5.74, 6) is 1.24. The Morgan fingerprint density at radius 2 is 2.39 bits per heavy atom. The number of fused-ring (bicyclic) bond motifs is 1. The summed E-state index contributed by atoms with van der Waals surface area (Å²) in [4.78, 5) is 16.0. The van der Waals surface area contributed by atoms with Gasteiger partial charge in [-0.2, -0.15) is 21.4 Å². The van der Waals surface area contributed by atoms with E-state index in [1.54, 1.807) is 40.8 Å². The predicted octanol–water partition coefficient (Wildman–Crippen LogP) is 0.748. The fourth-order valence-electron chi connectivity index (χ4n) is 1.52. The Balaban J connectivity index is 2.09. The van der Waals surface area contributed by atoms with Crippen LogP contribution in [0.1, 0.15) is 6.42 Å². The van der Waals surface area contributed by atoms with Gasteiger partial charge in [-0.1, -0.05) is 0 Å². The van der Waals surface area contributed by atoms with Crippen molar-refractivity contribution in [3.63, 3.8) is 0 Å². The minimum absolute atomic E-state index is 0.202. The summed E-state index contributed by atoms with van der Waals surface area (Å²) in [5.41, 5.74) is 6.49. The van der Waals surface area contributed by atoms with Crippen LogP contribution < -0.4 is 11.1 Å². The van der Waals surface area contributed by atoms with Crippen molar-refractivity contribution in [1.29, 1.82) is 0 Å². The number of hydrogen-bond donors (Lipinski definition) is 2. The van der Waals surface area contributed by atoms with Crippen LogP contribution in [0, 0.1) is 0 Å². The van der Waals surface area contributed by atoms with E-state index in [0.717, 1.165) is 5.75 Å². The van der Waals surface area contributed by atoms with Crippen LogP contribution >= 0.6 is 11.8 Å². The lowest BCUT2D eigenvalue weighted by Crippen LogP contribution is -2.36. The van der Waals surface area contributed by atoms with Gasteiger partial charge in [-0.3, -0.25) is 4.79 Å². The number of rotatable bonds is 5. The number of hydrogen-bond acceptors (Lipinski definition) is 5. The Morgan fingerprint density at radius 3 is 3.17 bits per heavy atom. The third-order valence-corrected chi connectivity index (χ3v) is 3.16. The molecule has 7 heteroatoms. The first-order chi connectivity index (χ1) is 8.72. The summed E-state index contributed by atoms with van der Waals surface area (Å²) in [7, 11) is 0. The van der Waals surface area contributed by atoms with E-state index in [1.807, 2.05) is 6.26 Å². The average Bonchev–Trinajstić information content (AvgIpc) is 2.85. The largest absolute Gasteiger partial charge is 0.320 e. The Bertz CT molecular complexity index is 541. The second kappa shape index (κ2) is 5.83. The van der Waals surface area contributed by atoms with Gasteiger partial charge in [0.25, 0.3) is 0 Å². The minimum atomic E-state index is -0.503. The van der Waals surface area contributed by atoms with Crippen LogP contribution in [0.4, 0.5) is 5.82 Å². The van der Waals surface area contributed by atoms with Gasteiger partial charge in [-0.15, -0.1) is 0 Å². The monoisotopic (exact) mass is 265 g/mol. The minimum Gasteiger partial charge on any atom is -0.320 e. The maximum absolute atomic E-state index is 11.9. The van der Waals surface area contributed by atoms with Gasteiger partial charge < -0.3 is 11.1 Å². The van der Waals surface area contributed by atoms with Gasteiger partial charge in [0.1, 0.15) is 5.82 Å². The molecule has 2 aromatic rings. The Labute approximate surface area is 109 Å². The maximum Gasteiger partial charge on any atom is 0.242 e. The molecule has 0 bridgehead atoms. The first kappa shape index (κ1) is 12.8. The highest BCUT2D eigenvalue weighted by molar-refractivity contribution is 7.98. The predicted molar refractivity (Wildman–Crippen MR) is 72.6 cm³/mol. The van der Waals surface area contributed by atoms with Crippen molar-refractivity contribution >= 4 is 29.1 Å². The molecule has 0 aliphatic heterocycles. The van der Waals surface area contributed by atoms with E-state index in [4.69, 9.17) is 5.73 Å². The van der Waals surface area contributed by atoms with Gasteiger partial charge in [0.15, 0.2) is 5.65 Å². The van der Waals surface area contributed by atoms with Crippen molar-refractivity contribution < 1.29 is 4.79 Å². The molecular weight excluding hydrogens is 250 g/mol. The zero-order valence-electron chi connectivity index (χ0n) is 10.0. The summed E-state index contributed by atoms with van der Waals surface area (Å²) >= 11 is 1.67. The number of nitrogens with zero attached hydrogens (tertiary/aromatic N) is 3. The number of aromatic nitrogens is 3. The van der Waals surface area contributed by atoms with E-state index in [1.165, 1.54) is 0 Å². The van der Waals surface area contributed by atoms with Crippen LogP contribution in [-0.4, -0.2) is 38.6 Å². The molecular formula is C11H15N5OS. The molecule has 0 aliphatic carbocycles. The zero-order chi connectivity index (χ0) is 13.0. The number of carbonyl (C=O) groups is 1. The number of nitrogens with one attached hydrogen (secondary N) is 1. The van der Waals surface area contributed by atoms with E-state index >= 15 is 0 Å². The number of anilines is 1. The van der Waals surface area contributed by atoms with Crippen LogP contribution in [0.25, 0.3) is 5.65 Å². The van der Waals surface area contributed by atoms with E-state index in [0.29, 0.717) is 17.9 Å². The van der Waals surface area contributed by atoms with E-state index < -0.39 is 6.04 Å². The molecule has 2 heterocycles. The summed E-state index contributed by atoms with van der Waals surface area (Å²) in [6, 6.07) is 2.96. The van der Waals surface area contributed by atoms with Crippen molar-refractivity contribution in [2.75, 3.05) is 17.3 Å². The SMILES string of the molecule is CSCC[C@H](N)C(=O)Nc1ccnc2ccnn12. The highest BCUT2D eigenvalue weighted by atomic mass is 32.2. The number of amides is 1. The Kier molecular flexibility index (Phi) is 4.16. The topological polar surface area (TPSA) is 85.3 Å². The van der Waals surface area contributed by atoms with Gasteiger partial charge in [0, 0.05) is 12.3 Å². The van der Waals surface area contributed by atoms with Crippen molar-refractivity contribution in [2.24, 2.45) is 5.73 Å². The highest BCUT2D eigenvalue weighted by Gasteiger charge is 2.14. The molecule has 0 aromatic carbocycles. The van der Waals surface area contributed by atoms with Crippen LogP contribution in [0.15, 0.2) is 24.5 Å². The van der Waals surface area contributed by atoms with Crippen LogP contribution in [0.2, 0.25) is 0 Å². The molecule has 1 amide bonds. The molecule has 2 rings (SSSR count). The van der Waals surface area contributed by atoms with Crippen molar-refractivity contribution in [3.8, 4) is 0 Å². The molecule has 0 fully saturated rings. The van der Waals surface area contributed by atoms with E-state index in [9.17, 15) is 4.79 Å². The lowest BCUT2D eigenvalue weighted by atomic mass is 10.2. The molecule has 2 aromatic heterocycles. The molecule has 0 aliphatic rings. The first-order valence-corrected chi connectivity index (χ1v) is 6.96. The lowest BCUT2D eigenvalue weighted by Gasteiger charge is -2.12. The fraction of sp³-hybridized carbons (Fsp3) is 0.364. The third-order valence-electron chi connectivity index (χ3n) is 2.51. The Hall–Kier alpha value is -1.60. The lowest BCUT2D eigenvalue weighted by molar-refractivity contribution is -0.117. The standard InChI is InChI=1S/C11H15N5OS/c1-18-7-4-8(12)11(17)15-10-2-5-13-9-3-6-14-16(9)10/h2-3,5-6,8H,4,7,12H2,1H3,(H,15,17)/t8-/m0/s1. The zero-order valence-corrected chi connectivity index (χ0v) is 10.9. The average molecular weight is 265 g/mol. The van der Waals surface area contributed by atoms with Gasteiger partial charge in [0.2, 0.25) is 5.91 Å².